The molecule has 8 heteroatoms. The first-order chi connectivity index (χ1) is 14.3. The van der Waals surface area contributed by atoms with Crippen LogP contribution in [-0.2, 0) is 33.1 Å². The van der Waals surface area contributed by atoms with Crippen LogP contribution in [-0.4, -0.2) is 26.6 Å². The van der Waals surface area contributed by atoms with Gasteiger partial charge < -0.3 is 19.1 Å². The van der Waals surface area contributed by atoms with Gasteiger partial charge in [0.25, 0.3) is 5.56 Å². The minimum Gasteiger partial charge on any atom is -0.458 e. The summed E-state index contributed by atoms with van der Waals surface area (Å²) in [5.41, 5.74) is 1.11. The van der Waals surface area contributed by atoms with E-state index in [-0.39, 0.29) is 29.7 Å². The average molecular weight is 406 g/mol. The van der Waals surface area contributed by atoms with Crippen molar-refractivity contribution < 1.29 is 24.2 Å². The Morgan fingerprint density at radius 2 is 2.10 bits per heavy atom. The number of pyridine rings is 2. The molecule has 2 aliphatic heterocycles. The molecular formula is C22H18N2O6. The first-order valence-electron chi connectivity index (χ1n) is 9.61. The first-order valence-corrected chi connectivity index (χ1v) is 9.61. The second kappa shape index (κ2) is 6.24. The molecule has 5 rings (SSSR count). The van der Waals surface area contributed by atoms with E-state index in [1.54, 1.807) is 35.8 Å². The number of cyclic esters (lactones) is 1. The number of aromatic nitrogens is 2. The van der Waals surface area contributed by atoms with Crippen LogP contribution in [0.4, 0.5) is 0 Å². The minimum absolute atomic E-state index is 0.0959. The molecule has 4 heterocycles. The summed E-state index contributed by atoms with van der Waals surface area (Å²) in [4.78, 5) is 41.3. The largest absolute Gasteiger partial charge is 0.458 e. The Labute approximate surface area is 170 Å². The summed E-state index contributed by atoms with van der Waals surface area (Å²) in [7, 11) is 0. The highest BCUT2D eigenvalue weighted by atomic mass is 16.6. The van der Waals surface area contributed by atoms with Crippen LogP contribution in [0.3, 0.4) is 0 Å². The molecule has 0 saturated heterocycles. The van der Waals surface area contributed by atoms with E-state index in [0.29, 0.717) is 29.2 Å². The molecule has 0 saturated carbocycles. The molecule has 2 aromatic heterocycles. The Bertz CT molecular complexity index is 1330. The molecular weight excluding hydrogens is 388 g/mol. The average Bonchev–Trinajstić information content (AvgIpc) is 3.07. The second-order valence-electron chi connectivity index (χ2n) is 7.55. The highest BCUT2D eigenvalue weighted by Gasteiger charge is 2.45. The Hall–Kier alpha value is -3.52. The van der Waals surface area contributed by atoms with Crippen molar-refractivity contribution >= 4 is 22.8 Å². The van der Waals surface area contributed by atoms with Gasteiger partial charge in [0, 0.05) is 23.4 Å². The van der Waals surface area contributed by atoms with Gasteiger partial charge in [0.05, 0.1) is 29.0 Å². The van der Waals surface area contributed by atoms with E-state index in [1.165, 1.54) is 6.92 Å². The third-order valence-electron chi connectivity index (χ3n) is 5.74. The van der Waals surface area contributed by atoms with Crippen LogP contribution in [0.25, 0.3) is 22.3 Å². The molecule has 152 valence electrons. The van der Waals surface area contributed by atoms with Crippen LogP contribution >= 0.6 is 0 Å². The number of esters is 2. The minimum atomic E-state index is -1.85. The molecule has 30 heavy (non-hydrogen) atoms. The molecule has 0 amide bonds. The number of benzene rings is 1. The van der Waals surface area contributed by atoms with Gasteiger partial charge in [-0.15, -0.1) is 0 Å². The SMILES string of the molecule is CC[C@@]1(O)C(=O)OCc2c1cc1n(c2=O)Cc2cc3cc(OC(C)=O)ccc3nc2-1. The van der Waals surface area contributed by atoms with Gasteiger partial charge in [-0.25, -0.2) is 9.78 Å². The maximum absolute atomic E-state index is 13.1. The standard InChI is InChI=1S/C22H18N2O6/c1-3-22(28)16-8-18-19-13(9-24(18)20(26)15(16)10-29-21(22)27)6-12-7-14(30-11(2)25)4-5-17(12)23-19/h4-8,28H,3,9-10H2,1-2H3/t22-/m0/s1. The highest BCUT2D eigenvalue weighted by Crippen LogP contribution is 2.38. The van der Waals surface area contributed by atoms with Crippen molar-refractivity contribution in [2.45, 2.75) is 39.0 Å². The maximum atomic E-state index is 13.1. The molecule has 1 N–H and O–H groups in total. The molecule has 1 atom stereocenters. The summed E-state index contributed by atoms with van der Waals surface area (Å²) in [6.45, 7) is 3.16. The van der Waals surface area contributed by atoms with E-state index in [4.69, 9.17) is 14.5 Å². The summed E-state index contributed by atoms with van der Waals surface area (Å²) < 4.78 is 11.8. The van der Waals surface area contributed by atoms with Crippen molar-refractivity contribution in [3.05, 3.63) is 57.4 Å². The Kier molecular flexibility index (Phi) is 3.85. The molecule has 0 unspecified atom stereocenters. The van der Waals surface area contributed by atoms with Crippen molar-refractivity contribution in [1.29, 1.82) is 0 Å². The number of rotatable bonds is 2. The van der Waals surface area contributed by atoms with Crippen molar-refractivity contribution in [2.24, 2.45) is 0 Å². The summed E-state index contributed by atoms with van der Waals surface area (Å²) in [6.07, 6.45) is 0.0959. The molecule has 3 aromatic rings. The van der Waals surface area contributed by atoms with Crippen LogP contribution in [0.15, 0.2) is 35.1 Å². The number of carbonyl (C=O) groups excluding carboxylic acids is 2. The molecule has 0 bridgehead atoms. The lowest BCUT2D eigenvalue weighted by molar-refractivity contribution is -0.172. The predicted octanol–water partition coefficient (Wildman–Crippen LogP) is 2.00. The van der Waals surface area contributed by atoms with Crippen LogP contribution in [0.5, 0.6) is 5.75 Å². The van der Waals surface area contributed by atoms with Crippen molar-refractivity contribution in [2.75, 3.05) is 0 Å². The topological polar surface area (TPSA) is 108 Å². The quantitative estimate of drug-likeness (QED) is 0.401. The molecule has 0 aliphatic carbocycles. The molecule has 8 nitrogen and oxygen atoms in total. The van der Waals surface area contributed by atoms with E-state index >= 15 is 0 Å². The highest BCUT2D eigenvalue weighted by molar-refractivity contribution is 5.87. The zero-order valence-electron chi connectivity index (χ0n) is 16.4. The van der Waals surface area contributed by atoms with Gasteiger partial charge in [0.1, 0.15) is 12.4 Å². The smallest absolute Gasteiger partial charge is 0.343 e. The maximum Gasteiger partial charge on any atom is 0.343 e. The monoisotopic (exact) mass is 406 g/mol. The normalized spacial score (nSPS) is 19.1. The number of hydrogen-bond acceptors (Lipinski definition) is 7. The fourth-order valence-corrected chi connectivity index (χ4v) is 4.19. The van der Waals surface area contributed by atoms with Gasteiger partial charge in [0.2, 0.25) is 0 Å². The third-order valence-corrected chi connectivity index (χ3v) is 5.74. The number of ether oxygens (including phenoxy) is 2. The second-order valence-corrected chi connectivity index (χ2v) is 7.55. The van der Waals surface area contributed by atoms with Crippen LogP contribution in [0.1, 0.15) is 37.0 Å². The molecule has 2 aliphatic rings. The van der Waals surface area contributed by atoms with Crippen molar-refractivity contribution in [3.63, 3.8) is 0 Å². The lowest BCUT2D eigenvalue weighted by atomic mass is 9.86. The van der Waals surface area contributed by atoms with E-state index in [0.717, 1.165) is 10.9 Å². The zero-order valence-corrected chi connectivity index (χ0v) is 16.4. The van der Waals surface area contributed by atoms with E-state index in [2.05, 4.69) is 0 Å². The number of hydrogen-bond donors (Lipinski definition) is 1. The van der Waals surface area contributed by atoms with Gasteiger partial charge in [-0.1, -0.05) is 6.92 Å². The van der Waals surface area contributed by atoms with Gasteiger partial charge in [0.15, 0.2) is 5.60 Å². The number of carbonyl (C=O) groups is 2. The molecule has 1 aromatic carbocycles. The summed E-state index contributed by atoms with van der Waals surface area (Å²) in [6, 6.07) is 8.71. The van der Waals surface area contributed by atoms with Crippen LogP contribution < -0.4 is 10.3 Å². The van der Waals surface area contributed by atoms with Gasteiger partial charge in [-0.3, -0.25) is 9.59 Å². The number of fused-ring (bicyclic) bond motifs is 5. The van der Waals surface area contributed by atoms with E-state index in [9.17, 15) is 19.5 Å². The third kappa shape index (κ3) is 2.50. The Balaban J connectivity index is 1.70. The fourth-order valence-electron chi connectivity index (χ4n) is 4.19. The lowest BCUT2D eigenvalue weighted by Crippen LogP contribution is -2.44. The van der Waals surface area contributed by atoms with Gasteiger partial charge in [-0.05, 0) is 36.8 Å². The summed E-state index contributed by atoms with van der Waals surface area (Å²) >= 11 is 0. The Morgan fingerprint density at radius 1 is 1.30 bits per heavy atom. The summed E-state index contributed by atoms with van der Waals surface area (Å²) in [5.74, 6) is -0.735. The molecule has 0 radical (unpaired) electrons. The van der Waals surface area contributed by atoms with Gasteiger partial charge in [-0.2, -0.15) is 0 Å². The fraction of sp³-hybridized carbons (Fsp3) is 0.273. The number of aliphatic hydroxyl groups is 1. The van der Waals surface area contributed by atoms with E-state index in [1.807, 2.05) is 6.07 Å². The first kappa shape index (κ1) is 18.5. The van der Waals surface area contributed by atoms with Gasteiger partial charge >= 0.3 is 11.9 Å². The van der Waals surface area contributed by atoms with Crippen molar-refractivity contribution in [3.8, 4) is 17.1 Å². The van der Waals surface area contributed by atoms with Crippen LogP contribution in [0, 0.1) is 0 Å². The van der Waals surface area contributed by atoms with E-state index < -0.39 is 17.5 Å². The van der Waals surface area contributed by atoms with Crippen LogP contribution in [0.2, 0.25) is 0 Å². The zero-order chi connectivity index (χ0) is 21.2. The van der Waals surface area contributed by atoms with Crippen molar-refractivity contribution in [1.82, 2.24) is 9.55 Å². The predicted molar refractivity (Wildman–Crippen MR) is 106 cm³/mol. The summed E-state index contributed by atoms with van der Waals surface area (Å²) in [5, 5.41) is 11.7. The lowest BCUT2D eigenvalue weighted by Gasteiger charge is -2.31. The Morgan fingerprint density at radius 3 is 2.83 bits per heavy atom. The number of nitrogens with zero attached hydrogens (tertiary/aromatic N) is 2. The molecule has 0 spiro atoms. The molecule has 0 fully saturated rings.